The summed E-state index contributed by atoms with van der Waals surface area (Å²) in [5.74, 6) is 0.782. The molecule has 3 aromatic rings. The van der Waals surface area contributed by atoms with Crippen molar-refractivity contribution in [1.82, 2.24) is 30.0 Å². The number of ketones is 1. The lowest BCUT2D eigenvalue weighted by Crippen LogP contribution is -2.51. The largest absolute Gasteiger partial charge is 0.486 e. The molecule has 1 aliphatic heterocycles. The lowest BCUT2D eigenvalue weighted by atomic mass is 10.1. The van der Waals surface area contributed by atoms with Crippen LogP contribution in [0, 0.1) is 11.8 Å². The van der Waals surface area contributed by atoms with E-state index in [-0.39, 0.29) is 54.4 Å². The number of benzene rings is 1. The standard InChI is InChI=1S/C27H28Cl2N6O4/c1-14(19-11-27(19,28)29)32-26(38)22-9-16-8-21(16)35(22)24(37)12-34-20-5-4-17(10-18(20)25(33-34)15(2)36)39-13-23-30-6-3-7-31-23/h3-7,10,14,16,19,21-22H,8-9,11-13H2,1-2H3,(H,32,38)/t14-,16+,19+,21+,22-/m0/s1. The molecule has 3 heterocycles. The minimum atomic E-state index is -0.796. The van der Waals surface area contributed by atoms with E-state index < -0.39 is 10.4 Å². The smallest absolute Gasteiger partial charge is 0.245 e. The molecule has 39 heavy (non-hydrogen) atoms. The Hall–Kier alpha value is -3.24. The van der Waals surface area contributed by atoms with E-state index in [1.165, 1.54) is 11.6 Å². The molecule has 0 spiro atoms. The van der Waals surface area contributed by atoms with E-state index in [2.05, 4.69) is 20.4 Å². The van der Waals surface area contributed by atoms with Crippen molar-refractivity contribution in [2.45, 2.75) is 68.7 Å². The van der Waals surface area contributed by atoms with Crippen LogP contribution in [0.15, 0.2) is 36.7 Å². The molecule has 3 fully saturated rings. The van der Waals surface area contributed by atoms with Gasteiger partial charge in [-0.1, -0.05) is 0 Å². The molecule has 3 aliphatic rings. The molecule has 2 aromatic heterocycles. The third kappa shape index (κ3) is 5.07. The van der Waals surface area contributed by atoms with Gasteiger partial charge in [-0.05, 0) is 56.4 Å². The predicted octanol–water partition coefficient (Wildman–Crippen LogP) is 3.30. The normalized spacial score (nSPS) is 25.2. The van der Waals surface area contributed by atoms with Crippen LogP contribution in [0.3, 0.4) is 0 Å². The third-order valence-electron chi connectivity index (χ3n) is 7.87. The van der Waals surface area contributed by atoms with Crippen molar-refractivity contribution < 1.29 is 19.1 Å². The average molecular weight is 571 g/mol. The maximum atomic E-state index is 13.6. The number of ether oxygens (including phenoxy) is 1. The maximum absolute atomic E-state index is 13.6. The number of carbonyl (C=O) groups excluding carboxylic acids is 3. The summed E-state index contributed by atoms with van der Waals surface area (Å²) in [7, 11) is 0. The Balaban J connectivity index is 1.19. The van der Waals surface area contributed by atoms with E-state index in [1.54, 1.807) is 41.6 Å². The fraction of sp³-hybridized carbons (Fsp3) is 0.481. The molecule has 1 saturated heterocycles. The van der Waals surface area contributed by atoms with Crippen LogP contribution in [0.5, 0.6) is 5.75 Å². The average Bonchev–Trinajstić information content (AvgIpc) is 3.72. The van der Waals surface area contributed by atoms with Gasteiger partial charge in [0, 0.05) is 42.7 Å². The number of fused-ring (bicyclic) bond motifs is 2. The molecule has 204 valence electrons. The highest BCUT2D eigenvalue weighted by atomic mass is 35.5. The predicted molar refractivity (Wildman–Crippen MR) is 143 cm³/mol. The van der Waals surface area contributed by atoms with Gasteiger partial charge >= 0.3 is 0 Å². The Morgan fingerprint density at radius 1 is 1.21 bits per heavy atom. The summed E-state index contributed by atoms with van der Waals surface area (Å²) in [5.41, 5.74) is 0.885. The number of halogens is 2. The molecular weight excluding hydrogens is 543 g/mol. The summed E-state index contributed by atoms with van der Waals surface area (Å²) in [6.45, 7) is 3.41. The molecule has 2 amide bonds. The molecule has 6 rings (SSSR count). The zero-order valence-corrected chi connectivity index (χ0v) is 23.0. The number of hydrogen-bond acceptors (Lipinski definition) is 7. The number of carbonyl (C=O) groups is 3. The number of piperidine rings is 1. The fourth-order valence-corrected chi connectivity index (χ4v) is 6.35. The van der Waals surface area contributed by atoms with Crippen LogP contribution >= 0.6 is 23.2 Å². The first-order chi connectivity index (χ1) is 18.6. The number of aromatic nitrogens is 4. The number of Topliss-reactive ketones (excluding diaryl/α,β-unsaturated/α-hetero) is 1. The Morgan fingerprint density at radius 2 is 1.95 bits per heavy atom. The summed E-state index contributed by atoms with van der Waals surface area (Å²) in [6, 6.07) is 6.33. The Morgan fingerprint density at radius 3 is 2.64 bits per heavy atom. The first-order valence-electron chi connectivity index (χ1n) is 13.0. The molecule has 5 atom stereocenters. The number of nitrogens with zero attached hydrogens (tertiary/aromatic N) is 5. The van der Waals surface area contributed by atoms with Gasteiger partial charge in [-0.3, -0.25) is 19.1 Å². The second-order valence-electron chi connectivity index (χ2n) is 10.7. The second kappa shape index (κ2) is 9.75. The number of alkyl halides is 2. The van der Waals surface area contributed by atoms with Crippen molar-refractivity contribution in [3.63, 3.8) is 0 Å². The Bertz CT molecular complexity index is 1460. The number of nitrogens with one attached hydrogen (secondary N) is 1. The van der Waals surface area contributed by atoms with Crippen molar-refractivity contribution in [2.75, 3.05) is 0 Å². The zero-order valence-electron chi connectivity index (χ0n) is 21.5. The van der Waals surface area contributed by atoms with Crippen LogP contribution in [-0.2, 0) is 22.7 Å². The number of hydrogen-bond donors (Lipinski definition) is 1. The summed E-state index contributed by atoms with van der Waals surface area (Å²) >= 11 is 12.3. The molecule has 1 N–H and O–H groups in total. The first-order valence-corrected chi connectivity index (χ1v) is 13.8. The van der Waals surface area contributed by atoms with E-state index in [0.29, 0.717) is 41.2 Å². The van der Waals surface area contributed by atoms with Crippen molar-refractivity contribution in [1.29, 1.82) is 0 Å². The third-order valence-corrected chi connectivity index (χ3v) is 8.74. The van der Waals surface area contributed by atoms with E-state index >= 15 is 0 Å². The Kier molecular flexibility index (Phi) is 6.50. The highest BCUT2D eigenvalue weighted by Crippen LogP contribution is 2.55. The van der Waals surface area contributed by atoms with Crippen molar-refractivity contribution in [3.8, 4) is 5.75 Å². The monoisotopic (exact) mass is 570 g/mol. The molecule has 0 radical (unpaired) electrons. The zero-order chi connectivity index (χ0) is 27.5. The van der Waals surface area contributed by atoms with Crippen LogP contribution in [0.25, 0.3) is 10.9 Å². The van der Waals surface area contributed by atoms with Crippen molar-refractivity contribution >= 4 is 51.7 Å². The van der Waals surface area contributed by atoms with Gasteiger partial charge in [0.25, 0.3) is 0 Å². The van der Waals surface area contributed by atoms with E-state index in [9.17, 15) is 14.4 Å². The number of likely N-dealkylation sites (tertiary alicyclic amines) is 1. The van der Waals surface area contributed by atoms with E-state index in [4.69, 9.17) is 27.9 Å². The molecule has 10 nitrogen and oxygen atoms in total. The molecule has 12 heteroatoms. The SMILES string of the molecule is CC(=O)c1nn(CC(=O)N2[C@@H]3C[C@@H]3C[C@H]2C(=O)N[C@@H](C)[C@H]2CC2(Cl)Cl)c2ccc(OCc3ncccn3)cc12. The van der Waals surface area contributed by atoms with Gasteiger partial charge in [0.1, 0.15) is 35.0 Å². The highest BCUT2D eigenvalue weighted by molar-refractivity contribution is 6.51. The molecular formula is C27H28Cl2N6O4. The highest BCUT2D eigenvalue weighted by Gasteiger charge is 2.58. The van der Waals surface area contributed by atoms with Crippen LogP contribution in [-0.4, -0.2) is 64.7 Å². The lowest BCUT2D eigenvalue weighted by Gasteiger charge is -2.28. The van der Waals surface area contributed by atoms with Crippen LogP contribution in [0.1, 0.15) is 49.4 Å². The molecule has 2 saturated carbocycles. The fourth-order valence-electron chi connectivity index (χ4n) is 5.64. The number of amides is 2. The summed E-state index contributed by atoms with van der Waals surface area (Å²) in [4.78, 5) is 49.1. The van der Waals surface area contributed by atoms with Gasteiger partial charge in [0.2, 0.25) is 11.8 Å². The van der Waals surface area contributed by atoms with Crippen LogP contribution in [0.4, 0.5) is 0 Å². The lowest BCUT2D eigenvalue weighted by molar-refractivity contribution is -0.140. The maximum Gasteiger partial charge on any atom is 0.245 e. The summed E-state index contributed by atoms with van der Waals surface area (Å²) in [5, 5.41) is 8.08. The van der Waals surface area contributed by atoms with Gasteiger partial charge in [-0.2, -0.15) is 5.10 Å². The summed E-state index contributed by atoms with van der Waals surface area (Å²) < 4.78 is 6.56. The van der Waals surface area contributed by atoms with Gasteiger partial charge < -0.3 is 15.0 Å². The second-order valence-corrected chi connectivity index (χ2v) is 12.2. The molecule has 2 aliphatic carbocycles. The van der Waals surface area contributed by atoms with Crippen molar-refractivity contribution in [2.24, 2.45) is 11.8 Å². The Labute approximate surface area is 235 Å². The topological polar surface area (TPSA) is 119 Å². The molecule has 0 unspecified atom stereocenters. The quantitative estimate of drug-likeness (QED) is 0.309. The van der Waals surface area contributed by atoms with E-state index in [1.807, 2.05) is 6.92 Å². The molecule has 0 bridgehead atoms. The van der Waals surface area contributed by atoms with Crippen molar-refractivity contribution in [3.05, 3.63) is 48.2 Å². The minimum absolute atomic E-state index is 0.000553. The summed E-state index contributed by atoms with van der Waals surface area (Å²) in [6.07, 6.45) is 5.44. The van der Waals surface area contributed by atoms with Gasteiger partial charge in [0.05, 0.1) is 5.52 Å². The van der Waals surface area contributed by atoms with Crippen LogP contribution in [0.2, 0.25) is 0 Å². The molecule has 1 aromatic carbocycles. The van der Waals surface area contributed by atoms with Gasteiger partial charge in [-0.15, -0.1) is 23.2 Å². The van der Waals surface area contributed by atoms with E-state index in [0.717, 1.165) is 6.42 Å². The minimum Gasteiger partial charge on any atom is -0.486 e. The van der Waals surface area contributed by atoms with Gasteiger partial charge in [0.15, 0.2) is 11.6 Å². The first kappa shape index (κ1) is 26.0. The van der Waals surface area contributed by atoms with Crippen LogP contribution < -0.4 is 10.1 Å². The van der Waals surface area contributed by atoms with Gasteiger partial charge in [-0.25, -0.2) is 9.97 Å². The number of rotatable bonds is 9.